The zero-order valence-corrected chi connectivity index (χ0v) is 14.1. The highest BCUT2D eigenvalue weighted by atomic mass is 16.6. The Morgan fingerprint density at radius 3 is 2.57 bits per heavy atom. The van der Waals surface area contributed by atoms with Crippen LogP contribution in [0.2, 0.25) is 0 Å². The fraction of sp³-hybridized carbons (Fsp3) is 0.562. The van der Waals surface area contributed by atoms with Crippen LogP contribution in [0.1, 0.15) is 36.7 Å². The van der Waals surface area contributed by atoms with Crippen molar-refractivity contribution in [1.29, 1.82) is 0 Å². The summed E-state index contributed by atoms with van der Waals surface area (Å²) in [6.07, 6.45) is 0. The molecule has 1 fully saturated rings. The summed E-state index contributed by atoms with van der Waals surface area (Å²) in [4.78, 5) is 17.5. The molecule has 1 aromatic carbocycles. The van der Waals surface area contributed by atoms with E-state index in [9.17, 15) is 4.79 Å². The summed E-state index contributed by atoms with van der Waals surface area (Å²) in [5, 5.41) is 6.97. The van der Waals surface area contributed by atoms with Crippen LogP contribution in [0.15, 0.2) is 17.2 Å². The molecule has 7 nitrogen and oxygen atoms in total. The van der Waals surface area contributed by atoms with Crippen LogP contribution < -0.4 is 10.2 Å². The first kappa shape index (κ1) is 17.1. The maximum absolute atomic E-state index is 12.5. The van der Waals surface area contributed by atoms with Crippen molar-refractivity contribution in [2.45, 2.75) is 33.3 Å². The number of hydrogen-bond donors (Lipinski definition) is 1. The number of nitrogens with one attached hydrogen (secondary N) is 1. The maximum Gasteiger partial charge on any atom is 0.339 e. The van der Waals surface area contributed by atoms with Crippen LogP contribution in [0.4, 0.5) is 11.4 Å². The van der Waals surface area contributed by atoms with E-state index in [2.05, 4.69) is 20.2 Å². The lowest BCUT2D eigenvalue weighted by Gasteiger charge is -2.31. The van der Waals surface area contributed by atoms with Crippen molar-refractivity contribution < 1.29 is 9.53 Å². The Hall–Kier alpha value is -2.24. The minimum atomic E-state index is -0.576. The first-order chi connectivity index (χ1) is 10.8. The molecule has 0 spiro atoms. The van der Waals surface area contributed by atoms with E-state index in [0.717, 1.165) is 37.4 Å². The summed E-state index contributed by atoms with van der Waals surface area (Å²) in [5.74, 6) is -0.402. The maximum atomic E-state index is 12.5. The Morgan fingerprint density at radius 1 is 1.35 bits per heavy atom. The zero-order valence-electron chi connectivity index (χ0n) is 14.1. The highest BCUT2D eigenvalue weighted by Crippen LogP contribution is 2.31. The predicted octanol–water partition coefficient (Wildman–Crippen LogP) is 3.30. The third-order valence-corrected chi connectivity index (χ3v) is 3.60. The summed E-state index contributed by atoms with van der Waals surface area (Å²) >= 11 is 0. The highest BCUT2D eigenvalue weighted by molar-refractivity contribution is 5.94. The zero-order chi connectivity index (χ0) is 17.0. The Labute approximate surface area is 136 Å². The largest absolute Gasteiger partial charge is 0.456 e. The van der Waals surface area contributed by atoms with E-state index in [1.165, 1.54) is 0 Å². The van der Waals surface area contributed by atoms with Gasteiger partial charge in [-0.3, -0.25) is 0 Å². The van der Waals surface area contributed by atoms with Crippen LogP contribution in [0.5, 0.6) is 0 Å². The number of rotatable bonds is 3. The summed E-state index contributed by atoms with van der Waals surface area (Å²) < 4.78 is 5.48. The topological polar surface area (TPSA) is 90.3 Å². The highest BCUT2D eigenvalue weighted by Gasteiger charge is 2.23. The predicted molar refractivity (Wildman–Crippen MR) is 90.2 cm³/mol. The van der Waals surface area contributed by atoms with Crippen LogP contribution in [-0.2, 0) is 4.74 Å². The lowest BCUT2D eigenvalue weighted by molar-refractivity contribution is 0.00688. The molecule has 0 aliphatic carbocycles. The number of nitrogens with zero attached hydrogens (tertiary/aromatic N) is 4. The van der Waals surface area contributed by atoms with Gasteiger partial charge < -0.3 is 15.0 Å². The third-order valence-electron chi connectivity index (χ3n) is 3.60. The average Bonchev–Trinajstić information content (AvgIpc) is 2.48. The fourth-order valence-electron chi connectivity index (χ4n) is 2.57. The summed E-state index contributed by atoms with van der Waals surface area (Å²) in [6, 6.07) is 3.42. The van der Waals surface area contributed by atoms with Crippen molar-refractivity contribution in [3.05, 3.63) is 33.7 Å². The van der Waals surface area contributed by atoms with Crippen molar-refractivity contribution in [1.82, 2.24) is 5.32 Å². The van der Waals surface area contributed by atoms with Gasteiger partial charge in [-0.05, 0) is 50.9 Å². The molecule has 23 heavy (non-hydrogen) atoms. The van der Waals surface area contributed by atoms with Gasteiger partial charge in [-0.25, -0.2) is 4.79 Å². The van der Waals surface area contributed by atoms with Gasteiger partial charge in [0.2, 0.25) is 0 Å². The van der Waals surface area contributed by atoms with E-state index < -0.39 is 11.6 Å². The Kier molecular flexibility index (Phi) is 5.13. The van der Waals surface area contributed by atoms with E-state index in [0.29, 0.717) is 11.3 Å². The molecule has 1 saturated heterocycles. The molecule has 0 radical (unpaired) electrons. The van der Waals surface area contributed by atoms with E-state index >= 15 is 0 Å². The molecule has 1 aromatic rings. The molecule has 0 amide bonds. The molecule has 1 aliphatic heterocycles. The summed E-state index contributed by atoms with van der Waals surface area (Å²) in [6.45, 7) is 10.8. The van der Waals surface area contributed by atoms with Crippen molar-refractivity contribution in [2.75, 3.05) is 31.1 Å². The second-order valence-corrected chi connectivity index (χ2v) is 6.57. The molecular formula is C16H23N5O2. The Balaban J connectivity index is 2.46. The number of carbonyl (C=O) groups is 1. The third kappa shape index (κ3) is 4.37. The minimum absolute atomic E-state index is 0.402. The van der Waals surface area contributed by atoms with E-state index in [1.807, 2.05) is 33.8 Å². The van der Waals surface area contributed by atoms with Gasteiger partial charge in [0.25, 0.3) is 0 Å². The van der Waals surface area contributed by atoms with E-state index in [-0.39, 0.29) is 0 Å². The normalized spacial score (nSPS) is 15.0. The molecule has 1 heterocycles. The van der Waals surface area contributed by atoms with Crippen LogP contribution >= 0.6 is 0 Å². The van der Waals surface area contributed by atoms with Crippen LogP contribution in [-0.4, -0.2) is 37.7 Å². The number of azide groups is 1. The van der Waals surface area contributed by atoms with Gasteiger partial charge in [-0.2, -0.15) is 0 Å². The number of piperazine rings is 1. The van der Waals surface area contributed by atoms with Crippen molar-refractivity contribution >= 4 is 17.3 Å². The van der Waals surface area contributed by atoms with Gasteiger partial charge in [0, 0.05) is 42.5 Å². The van der Waals surface area contributed by atoms with E-state index in [1.54, 1.807) is 6.07 Å². The molecule has 1 aliphatic rings. The molecular weight excluding hydrogens is 294 g/mol. The van der Waals surface area contributed by atoms with Gasteiger partial charge in [0.15, 0.2) is 0 Å². The van der Waals surface area contributed by atoms with Crippen molar-refractivity contribution in [3.8, 4) is 0 Å². The van der Waals surface area contributed by atoms with Gasteiger partial charge in [-0.15, -0.1) is 0 Å². The molecule has 0 bridgehead atoms. The Morgan fingerprint density at radius 2 is 2.00 bits per heavy atom. The lowest BCUT2D eigenvalue weighted by Crippen LogP contribution is -2.43. The van der Waals surface area contributed by atoms with Crippen LogP contribution in [0.25, 0.3) is 10.4 Å². The fourth-order valence-corrected chi connectivity index (χ4v) is 2.57. The van der Waals surface area contributed by atoms with Gasteiger partial charge in [0.05, 0.1) is 5.56 Å². The molecule has 2 rings (SSSR count). The van der Waals surface area contributed by atoms with Crippen LogP contribution in [0.3, 0.4) is 0 Å². The standard InChI is InChI=1S/C16H23N5O2/c1-11-13(15(22)23-16(2,3)4)9-12(19-20-17)10-14(11)21-7-5-18-6-8-21/h9-10,18H,5-8H2,1-4H3. The molecule has 0 atom stereocenters. The van der Waals surface area contributed by atoms with Crippen LogP contribution in [0, 0.1) is 6.92 Å². The second-order valence-electron chi connectivity index (χ2n) is 6.57. The SMILES string of the molecule is Cc1c(C(=O)OC(C)(C)C)cc(N=[N+]=[N-])cc1N1CCNCC1. The average molecular weight is 317 g/mol. The minimum Gasteiger partial charge on any atom is -0.456 e. The molecule has 0 saturated carbocycles. The number of hydrogen-bond acceptors (Lipinski definition) is 5. The second kappa shape index (κ2) is 6.89. The van der Waals surface area contributed by atoms with E-state index in [4.69, 9.17) is 10.3 Å². The van der Waals surface area contributed by atoms with Crippen molar-refractivity contribution in [3.63, 3.8) is 0 Å². The monoisotopic (exact) mass is 317 g/mol. The summed E-state index contributed by atoms with van der Waals surface area (Å²) in [7, 11) is 0. The van der Waals surface area contributed by atoms with Crippen molar-refractivity contribution in [2.24, 2.45) is 5.11 Å². The number of ether oxygens (including phenoxy) is 1. The molecule has 1 N–H and O–H groups in total. The molecule has 0 aromatic heterocycles. The first-order valence-electron chi connectivity index (χ1n) is 7.70. The smallest absolute Gasteiger partial charge is 0.339 e. The summed E-state index contributed by atoms with van der Waals surface area (Å²) in [5.41, 5.74) is 10.8. The number of carbonyl (C=O) groups excluding carboxylic acids is 1. The molecule has 7 heteroatoms. The molecule has 0 unspecified atom stereocenters. The van der Waals surface area contributed by atoms with Gasteiger partial charge in [0.1, 0.15) is 5.60 Å². The Bertz CT molecular complexity index is 639. The number of anilines is 1. The number of benzene rings is 1. The van der Waals surface area contributed by atoms with Gasteiger partial charge >= 0.3 is 5.97 Å². The van der Waals surface area contributed by atoms with Gasteiger partial charge in [-0.1, -0.05) is 5.11 Å². The number of esters is 1. The lowest BCUT2D eigenvalue weighted by atomic mass is 10.0. The molecule has 124 valence electrons. The quantitative estimate of drug-likeness (QED) is 0.401. The first-order valence-corrected chi connectivity index (χ1v) is 7.70.